The highest BCUT2D eigenvalue weighted by Crippen LogP contribution is 2.31. The lowest BCUT2D eigenvalue weighted by atomic mass is 9.76. The Kier molecular flexibility index (Phi) is 5.20. The van der Waals surface area contributed by atoms with Crippen LogP contribution in [0.5, 0.6) is 0 Å². The lowest BCUT2D eigenvalue weighted by Gasteiger charge is -2.39. The highest BCUT2D eigenvalue weighted by Gasteiger charge is 2.41. The van der Waals surface area contributed by atoms with Crippen LogP contribution >= 0.6 is 28.3 Å². The Bertz CT molecular complexity index is 435. The topological polar surface area (TPSA) is 46.3 Å². The maximum Gasteiger partial charge on any atom is 0.242 e. The molecule has 1 aromatic rings. The molecule has 0 aromatic heterocycles. The monoisotopic (exact) mass is 332 g/mol. The number of halogens is 2. The number of hydrogen-bond acceptors (Lipinski definition) is 2. The molecule has 0 saturated heterocycles. The van der Waals surface area contributed by atoms with Crippen molar-refractivity contribution in [2.24, 2.45) is 5.73 Å². The largest absolute Gasteiger partial charge is 0.340 e. The molecule has 18 heavy (non-hydrogen) atoms. The first-order chi connectivity index (χ1) is 8.03. The van der Waals surface area contributed by atoms with Crippen molar-refractivity contribution in [1.29, 1.82) is 0 Å². The summed E-state index contributed by atoms with van der Waals surface area (Å²) in [6.45, 7) is 0.596. The molecule has 1 aliphatic carbocycles. The number of benzene rings is 1. The van der Waals surface area contributed by atoms with Gasteiger partial charge in [-0.1, -0.05) is 34.1 Å². The van der Waals surface area contributed by atoms with Gasteiger partial charge in [0.2, 0.25) is 5.91 Å². The second kappa shape index (κ2) is 6.04. The van der Waals surface area contributed by atoms with Crippen LogP contribution < -0.4 is 5.73 Å². The molecule has 0 radical (unpaired) electrons. The standard InChI is InChI=1S/C13H17BrN2O.ClH/c1-16(12(17)13(15)7-4-8-13)9-10-5-2-3-6-11(10)14;/h2-3,5-6H,4,7-9,15H2,1H3;1H. The van der Waals surface area contributed by atoms with E-state index in [4.69, 9.17) is 5.73 Å². The van der Waals surface area contributed by atoms with Crippen LogP contribution in [0.4, 0.5) is 0 Å². The Morgan fingerprint density at radius 1 is 1.44 bits per heavy atom. The zero-order chi connectivity index (χ0) is 12.5. The summed E-state index contributed by atoms with van der Waals surface area (Å²) < 4.78 is 1.03. The number of amides is 1. The predicted molar refractivity (Wildman–Crippen MR) is 78.6 cm³/mol. The zero-order valence-electron chi connectivity index (χ0n) is 10.4. The summed E-state index contributed by atoms with van der Waals surface area (Å²) in [4.78, 5) is 13.9. The minimum absolute atomic E-state index is 0. The number of nitrogens with zero attached hydrogens (tertiary/aromatic N) is 1. The molecule has 1 amide bonds. The molecule has 3 nitrogen and oxygen atoms in total. The first-order valence-corrected chi connectivity index (χ1v) is 6.60. The van der Waals surface area contributed by atoms with Gasteiger partial charge in [0.1, 0.15) is 0 Å². The van der Waals surface area contributed by atoms with Crippen molar-refractivity contribution in [2.75, 3.05) is 7.05 Å². The summed E-state index contributed by atoms with van der Waals surface area (Å²) >= 11 is 3.49. The van der Waals surface area contributed by atoms with Crippen LogP contribution in [-0.2, 0) is 11.3 Å². The molecule has 1 aliphatic rings. The molecule has 100 valence electrons. The van der Waals surface area contributed by atoms with Gasteiger partial charge < -0.3 is 10.6 Å². The van der Waals surface area contributed by atoms with Gasteiger partial charge in [-0.05, 0) is 30.9 Å². The maximum atomic E-state index is 12.1. The van der Waals surface area contributed by atoms with Gasteiger partial charge in [0.25, 0.3) is 0 Å². The fraction of sp³-hybridized carbons (Fsp3) is 0.462. The summed E-state index contributed by atoms with van der Waals surface area (Å²) in [5, 5.41) is 0. The number of hydrogen-bond donors (Lipinski definition) is 1. The molecule has 1 aromatic carbocycles. The minimum atomic E-state index is -0.601. The summed E-state index contributed by atoms with van der Waals surface area (Å²) in [6, 6.07) is 7.93. The molecule has 0 heterocycles. The molecular weight excluding hydrogens is 316 g/mol. The molecule has 2 N–H and O–H groups in total. The van der Waals surface area contributed by atoms with Gasteiger partial charge in [-0.3, -0.25) is 4.79 Å². The quantitative estimate of drug-likeness (QED) is 0.924. The third-order valence-electron chi connectivity index (χ3n) is 3.38. The molecular formula is C13H18BrClN2O. The number of likely N-dealkylation sites (N-methyl/N-ethyl adjacent to an activating group) is 1. The summed E-state index contributed by atoms with van der Waals surface area (Å²) in [5.74, 6) is 0.0551. The Morgan fingerprint density at radius 3 is 2.56 bits per heavy atom. The van der Waals surface area contributed by atoms with Crippen LogP contribution in [0.15, 0.2) is 28.7 Å². The maximum absolute atomic E-state index is 12.1. The lowest BCUT2D eigenvalue weighted by Crippen LogP contribution is -2.58. The molecule has 0 bridgehead atoms. The van der Waals surface area contributed by atoms with E-state index in [1.165, 1.54) is 0 Å². The van der Waals surface area contributed by atoms with Crippen LogP contribution in [-0.4, -0.2) is 23.4 Å². The molecule has 0 atom stereocenters. The average molecular weight is 334 g/mol. The third kappa shape index (κ3) is 3.05. The van der Waals surface area contributed by atoms with Gasteiger partial charge >= 0.3 is 0 Å². The van der Waals surface area contributed by atoms with Crippen LogP contribution in [0.1, 0.15) is 24.8 Å². The van der Waals surface area contributed by atoms with Crippen molar-refractivity contribution < 1.29 is 4.79 Å². The molecule has 1 saturated carbocycles. The van der Waals surface area contributed by atoms with E-state index < -0.39 is 5.54 Å². The van der Waals surface area contributed by atoms with Gasteiger partial charge in [0.15, 0.2) is 0 Å². The summed E-state index contributed by atoms with van der Waals surface area (Å²) in [7, 11) is 1.81. The van der Waals surface area contributed by atoms with Crippen molar-refractivity contribution in [1.82, 2.24) is 4.90 Å². The Morgan fingerprint density at radius 2 is 2.06 bits per heavy atom. The van der Waals surface area contributed by atoms with Crippen LogP contribution in [0.2, 0.25) is 0 Å². The minimum Gasteiger partial charge on any atom is -0.340 e. The molecule has 0 unspecified atom stereocenters. The van der Waals surface area contributed by atoms with Crippen molar-refractivity contribution >= 4 is 34.2 Å². The first kappa shape index (κ1) is 15.5. The van der Waals surface area contributed by atoms with Crippen LogP contribution in [0.3, 0.4) is 0 Å². The lowest BCUT2D eigenvalue weighted by molar-refractivity contribution is -0.139. The van der Waals surface area contributed by atoms with Crippen LogP contribution in [0, 0.1) is 0 Å². The summed E-state index contributed by atoms with van der Waals surface area (Å²) in [6.07, 6.45) is 2.68. The average Bonchev–Trinajstić information content (AvgIpc) is 2.28. The third-order valence-corrected chi connectivity index (χ3v) is 4.16. The Labute approximate surface area is 122 Å². The Hall–Kier alpha value is -0.580. The van der Waals surface area contributed by atoms with E-state index in [1.807, 2.05) is 31.3 Å². The number of nitrogens with two attached hydrogens (primary N) is 1. The Balaban J connectivity index is 0.00000162. The number of carbonyl (C=O) groups excluding carboxylic acids is 1. The molecule has 2 rings (SSSR count). The molecule has 1 fully saturated rings. The fourth-order valence-electron chi connectivity index (χ4n) is 2.11. The van der Waals surface area contributed by atoms with E-state index in [0.29, 0.717) is 6.54 Å². The highest BCUT2D eigenvalue weighted by atomic mass is 79.9. The normalized spacial score (nSPS) is 16.4. The van der Waals surface area contributed by atoms with Crippen molar-refractivity contribution in [3.8, 4) is 0 Å². The van der Waals surface area contributed by atoms with Crippen molar-refractivity contribution in [3.63, 3.8) is 0 Å². The second-order valence-corrected chi connectivity index (χ2v) is 5.62. The zero-order valence-corrected chi connectivity index (χ0v) is 12.8. The van der Waals surface area contributed by atoms with Gasteiger partial charge in [0, 0.05) is 18.1 Å². The van der Waals surface area contributed by atoms with E-state index in [-0.39, 0.29) is 18.3 Å². The second-order valence-electron chi connectivity index (χ2n) is 4.76. The number of carbonyl (C=O) groups is 1. The van der Waals surface area contributed by atoms with Gasteiger partial charge in [0.05, 0.1) is 5.54 Å². The van der Waals surface area contributed by atoms with Crippen molar-refractivity contribution in [2.45, 2.75) is 31.3 Å². The fourth-order valence-corrected chi connectivity index (χ4v) is 2.52. The predicted octanol–water partition coefficient (Wildman–Crippen LogP) is 2.71. The highest BCUT2D eigenvalue weighted by molar-refractivity contribution is 9.10. The smallest absolute Gasteiger partial charge is 0.242 e. The van der Waals surface area contributed by atoms with Gasteiger partial charge in [-0.25, -0.2) is 0 Å². The van der Waals surface area contributed by atoms with E-state index in [1.54, 1.807) is 4.90 Å². The number of rotatable bonds is 3. The van der Waals surface area contributed by atoms with E-state index in [0.717, 1.165) is 29.3 Å². The molecule has 5 heteroatoms. The van der Waals surface area contributed by atoms with E-state index in [2.05, 4.69) is 15.9 Å². The summed E-state index contributed by atoms with van der Waals surface area (Å²) in [5.41, 5.74) is 6.54. The first-order valence-electron chi connectivity index (χ1n) is 5.81. The van der Waals surface area contributed by atoms with Crippen LogP contribution in [0.25, 0.3) is 0 Å². The van der Waals surface area contributed by atoms with Gasteiger partial charge in [-0.2, -0.15) is 0 Å². The van der Waals surface area contributed by atoms with Gasteiger partial charge in [-0.15, -0.1) is 12.4 Å². The SMILES string of the molecule is CN(Cc1ccccc1Br)C(=O)C1(N)CCC1.Cl. The van der Waals surface area contributed by atoms with Crippen molar-refractivity contribution in [3.05, 3.63) is 34.3 Å². The van der Waals surface area contributed by atoms with E-state index in [9.17, 15) is 4.79 Å². The molecule has 0 aliphatic heterocycles. The van der Waals surface area contributed by atoms with E-state index >= 15 is 0 Å². The molecule has 0 spiro atoms.